The lowest BCUT2D eigenvalue weighted by Gasteiger charge is -2.03. The summed E-state index contributed by atoms with van der Waals surface area (Å²) in [6.45, 7) is 0. The SMILES string of the molecule is Nc1ccc(C2=CSC(=C3Sc4cc5c(cc4S3)SC(=C3SC=CS3)S5)S2)cc1. The van der Waals surface area contributed by atoms with E-state index in [9.17, 15) is 0 Å². The molecular weight excluding hydrogens is 511 g/mol. The molecule has 9 heteroatoms. The fourth-order valence-electron chi connectivity index (χ4n) is 2.87. The van der Waals surface area contributed by atoms with Crippen molar-refractivity contribution in [1.29, 1.82) is 0 Å². The Balaban J connectivity index is 1.22. The quantitative estimate of drug-likeness (QED) is 0.368. The average molecular weight is 522 g/mol. The first-order chi connectivity index (χ1) is 14.2. The first-order valence-electron chi connectivity index (χ1n) is 8.50. The summed E-state index contributed by atoms with van der Waals surface area (Å²) in [5, 5.41) is 6.60. The van der Waals surface area contributed by atoms with Crippen LogP contribution in [0.1, 0.15) is 5.56 Å². The molecular formula is C20H11NS8. The summed E-state index contributed by atoms with van der Waals surface area (Å²) in [6, 6.07) is 12.9. The van der Waals surface area contributed by atoms with Gasteiger partial charge in [0.15, 0.2) is 0 Å². The summed E-state index contributed by atoms with van der Waals surface area (Å²) in [4.78, 5) is 6.89. The van der Waals surface area contributed by atoms with Crippen molar-refractivity contribution in [3.63, 3.8) is 0 Å². The van der Waals surface area contributed by atoms with E-state index in [1.165, 1.54) is 47.0 Å². The van der Waals surface area contributed by atoms with Crippen molar-refractivity contribution in [2.75, 3.05) is 5.73 Å². The summed E-state index contributed by atoms with van der Waals surface area (Å²) in [6.07, 6.45) is 0. The number of nitrogens with two attached hydrogens (primary N) is 1. The third-order valence-electron chi connectivity index (χ3n) is 4.23. The molecule has 6 rings (SSSR count). The van der Waals surface area contributed by atoms with Crippen LogP contribution in [0.4, 0.5) is 5.69 Å². The molecule has 0 bridgehead atoms. The first kappa shape index (κ1) is 19.7. The molecule has 144 valence electrons. The number of hydrogen-bond acceptors (Lipinski definition) is 9. The predicted octanol–water partition coefficient (Wildman–Crippen LogP) is 9.35. The Morgan fingerprint density at radius 1 is 0.552 bits per heavy atom. The highest BCUT2D eigenvalue weighted by molar-refractivity contribution is 8.34. The van der Waals surface area contributed by atoms with Gasteiger partial charge in [0.25, 0.3) is 0 Å². The smallest absolute Gasteiger partial charge is 0.0706 e. The van der Waals surface area contributed by atoms with E-state index < -0.39 is 0 Å². The van der Waals surface area contributed by atoms with Crippen molar-refractivity contribution >= 4 is 105 Å². The molecule has 0 amide bonds. The van der Waals surface area contributed by atoms with Gasteiger partial charge < -0.3 is 5.73 Å². The number of fused-ring (bicyclic) bond motifs is 2. The predicted molar refractivity (Wildman–Crippen MR) is 142 cm³/mol. The van der Waals surface area contributed by atoms with Crippen LogP contribution in [0, 0.1) is 0 Å². The molecule has 4 aliphatic rings. The van der Waals surface area contributed by atoms with Crippen molar-refractivity contribution in [3.05, 3.63) is 75.1 Å². The number of benzene rings is 2. The summed E-state index contributed by atoms with van der Waals surface area (Å²) in [5.74, 6) is 0. The van der Waals surface area contributed by atoms with Crippen molar-refractivity contribution in [3.8, 4) is 0 Å². The second-order valence-corrected chi connectivity index (χ2v) is 15.1. The zero-order chi connectivity index (χ0) is 19.4. The van der Waals surface area contributed by atoms with Crippen LogP contribution in [0.3, 0.4) is 0 Å². The number of hydrogen-bond donors (Lipinski definition) is 1. The normalized spacial score (nSPS) is 19.9. The number of anilines is 1. The van der Waals surface area contributed by atoms with Crippen LogP contribution in [-0.4, -0.2) is 0 Å². The van der Waals surface area contributed by atoms with Crippen LogP contribution in [-0.2, 0) is 0 Å². The van der Waals surface area contributed by atoms with Crippen molar-refractivity contribution in [2.45, 2.75) is 19.6 Å². The van der Waals surface area contributed by atoms with E-state index in [0.29, 0.717) is 0 Å². The van der Waals surface area contributed by atoms with Gasteiger partial charge in [0.05, 0.1) is 16.9 Å². The van der Waals surface area contributed by atoms with Crippen LogP contribution in [0.5, 0.6) is 0 Å². The number of thioether (sulfide) groups is 8. The van der Waals surface area contributed by atoms with Crippen LogP contribution in [0.25, 0.3) is 4.91 Å². The zero-order valence-electron chi connectivity index (χ0n) is 14.5. The molecule has 0 aromatic heterocycles. The maximum Gasteiger partial charge on any atom is 0.0706 e. The molecule has 0 unspecified atom stereocenters. The van der Waals surface area contributed by atoms with Gasteiger partial charge in [0, 0.05) is 30.2 Å². The van der Waals surface area contributed by atoms with Gasteiger partial charge in [-0.1, -0.05) is 106 Å². The summed E-state index contributed by atoms with van der Waals surface area (Å²) < 4.78 is 5.63. The fourth-order valence-corrected chi connectivity index (χ4v) is 12.9. The van der Waals surface area contributed by atoms with Crippen LogP contribution >= 0.6 is 94.1 Å². The highest BCUT2D eigenvalue weighted by Gasteiger charge is 2.29. The summed E-state index contributed by atoms with van der Waals surface area (Å²) in [7, 11) is 0. The van der Waals surface area contributed by atoms with E-state index in [2.05, 4.69) is 40.5 Å². The van der Waals surface area contributed by atoms with E-state index >= 15 is 0 Å². The Bertz CT molecular complexity index is 1110. The van der Waals surface area contributed by atoms with E-state index in [-0.39, 0.29) is 0 Å². The van der Waals surface area contributed by atoms with Gasteiger partial charge in [-0.25, -0.2) is 0 Å². The number of rotatable bonds is 1. The highest BCUT2D eigenvalue weighted by atomic mass is 32.2. The van der Waals surface area contributed by atoms with Crippen LogP contribution in [0.15, 0.2) is 89.2 Å². The van der Waals surface area contributed by atoms with E-state index in [4.69, 9.17) is 5.73 Å². The standard InChI is InChI=1S/C20H11NS8/c21-11-3-1-10(2-4-11)16-9-24-18(29-16)20-27-14-7-12-13(8-15(14)28-20)26-19(25-12)17-22-5-6-23-17/h1-9H,21H2. The molecule has 29 heavy (non-hydrogen) atoms. The minimum absolute atomic E-state index is 0.810. The molecule has 1 nitrogen and oxygen atoms in total. The zero-order valence-corrected chi connectivity index (χ0v) is 21.1. The van der Waals surface area contributed by atoms with Crippen molar-refractivity contribution < 1.29 is 0 Å². The fraction of sp³-hybridized carbons (Fsp3) is 0. The highest BCUT2D eigenvalue weighted by Crippen LogP contribution is 2.64. The monoisotopic (exact) mass is 521 g/mol. The van der Waals surface area contributed by atoms with Crippen LogP contribution in [0.2, 0.25) is 0 Å². The Morgan fingerprint density at radius 2 is 1.10 bits per heavy atom. The molecule has 0 radical (unpaired) electrons. The van der Waals surface area contributed by atoms with Crippen molar-refractivity contribution in [1.82, 2.24) is 0 Å². The molecule has 0 saturated heterocycles. The Kier molecular flexibility index (Phi) is 5.54. The van der Waals surface area contributed by atoms with Gasteiger partial charge >= 0.3 is 0 Å². The lowest BCUT2D eigenvalue weighted by atomic mass is 10.2. The second-order valence-electron chi connectivity index (χ2n) is 6.14. The first-order valence-corrected chi connectivity index (χ1v) is 15.2. The van der Waals surface area contributed by atoms with E-state index in [0.717, 1.165) is 5.69 Å². The van der Waals surface area contributed by atoms with Gasteiger partial charge in [-0.05, 0) is 46.1 Å². The second kappa shape index (κ2) is 8.16. The molecule has 2 aromatic carbocycles. The molecule has 2 aromatic rings. The van der Waals surface area contributed by atoms with Gasteiger partial charge in [0.2, 0.25) is 0 Å². The van der Waals surface area contributed by atoms with E-state index in [1.54, 1.807) is 0 Å². The maximum absolute atomic E-state index is 5.83. The molecule has 0 fully saturated rings. The molecule has 4 aliphatic heterocycles. The maximum atomic E-state index is 5.83. The van der Waals surface area contributed by atoms with E-state index in [1.807, 2.05) is 106 Å². The third kappa shape index (κ3) is 3.86. The van der Waals surface area contributed by atoms with Gasteiger partial charge in [-0.2, -0.15) is 0 Å². The van der Waals surface area contributed by atoms with Crippen LogP contribution < -0.4 is 5.73 Å². The molecule has 0 saturated carbocycles. The van der Waals surface area contributed by atoms with Gasteiger partial charge in [-0.3, -0.25) is 0 Å². The minimum atomic E-state index is 0.810. The van der Waals surface area contributed by atoms with Crippen molar-refractivity contribution in [2.24, 2.45) is 0 Å². The Morgan fingerprint density at radius 3 is 1.69 bits per heavy atom. The average Bonchev–Trinajstić information content (AvgIpc) is 3.51. The largest absolute Gasteiger partial charge is 0.399 e. The Hall–Kier alpha value is 0. The topological polar surface area (TPSA) is 26.0 Å². The lowest BCUT2D eigenvalue weighted by Crippen LogP contribution is -1.84. The molecule has 0 spiro atoms. The van der Waals surface area contributed by atoms with Gasteiger partial charge in [-0.15, -0.1) is 0 Å². The minimum Gasteiger partial charge on any atom is -0.399 e. The molecule has 4 heterocycles. The summed E-state index contributed by atoms with van der Waals surface area (Å²) >= 11 is 15.1. The molecule has 0 aliphatic carbocycles. The molecule has 2 N–H and O–H groups in total. The lowest BCUT2D eigenvalue weighted by molar-refractivity contribution is 1.11. The summed E-state index contributed by atoms with van der Waals surface area (Å²) in [5.41, 5.74) is 7.87. The molecule has 0 atom stereocenters. The third-order valence-corrected chi connectivity index (χ3v) is 14.9. The Labute approximate surface area is 203 Å². The van der Waals surface area contributed by atoms with Gasteiger partial charge in [0.1, 0.15) is 0 Å². The number of nitrogen functional groups attached to an aromatic ring is 1.